The van der Waals surface area contributed by atoms with Gasteiger partial charge in [-0.25, -0.2) is 5.01 Å². The second-order valence-corrected chi connectivity index (χ2v) is 12.4. The molecule has 6 nitrogen and oxygen atoms in total. The molecule has 1 fully saturated rings. The van der Waals surface area contributed by atoms with Crippen molar-refractivity contribution in [2.45, 2.75) is 38.1 Å². The summed E-state index contributed by atoms with van der Waals surface area (Å²) in [4.78, 5) is 41.8. The molecule has 2 atom stereocenters. The van der Waals surface area contributed by atoms with Crippen LogP contribution in [0.1, 0.15) is 70.0 Å². The molecule has 0 aromatic heterocycles. The van der Waals surface area contributed by atoms with Crippen molar-refractivity contribution in [1.82, 2.24) is 9.91 Å². The summed E-state index contributed by atoms with van der Waals surface area (Å²) in [7, 11) is 0. The Kier molecular flexibility index (Phi) is 7.57. The highest BCUT2D eigenvalue weighted by Crippen LogP contribution is 2.45. The first-order chi connectivity index (χ1) is 21.4. The van der Waals surface area contributed by atoms with Gasteiger partial charge in [0.15, 0.2) is 0 Å². The molecule has 1 saturated carbocycles. The first-order valence-corrected chi connectivity index (χ1v) is 15.6. The molecular weight excluding hydrogens is 593 g/mol. The van der Waals surface area contributed by atoms with Gasteiger partial charge in [0.25, 0.3) is 11.8 Å². The summed E-state index contributed by atoms with van der Waals surface area (Å²) in [6, 6.07) is 26.0. The highest BCUT2D eigenvalue weighted by atomic mass is 35.5. The fourth-order valence-corrected chi connectivity index (χ4v) is 7.00. The van der Waals surface area contributed by atoms with Gasteiger partial charge in [0.2, 0.25) is 5.91 Å². The monoisotopic (exact) mass is 621 g/mol. The van der Waals surface area contributed by atoms with Crippen molar-refractivity contribution in [2.75, 3.05) is 6.54 Å². The number of benzene rings is 4. The molecule has 0 saturated heterocycles. The van der Waals surface area contributed by atoms with Crippen LogP contribution in [0, 0.1) is 5.92 Å². The molecule has 8 heteroatoms. The largest absolute Gasteiger partial charge is 0.274 e. The van der Waals surface area contributed by atoms with Crippen molar-refractivity contribution < 1.29 is 14.4 Å². The average Bonchev–Trinajstić information content (AvgIpc) is 3.43. The lowest BCUT2D eigenvalue weighted by atomic mass is 9.77. The van der Waals surface area contributed by atoms with Gasteiger partial charge in [-0.05, 0) is 90.2 Å². The third-order valence-electron chi connectivity index (χ3n) is 8.81. The highest BCUT2D eigenvalue weighted by Gasteiger charge is 2.43. The van der Waals surface area contributed by atoms with E-state index in [1.165, 1.54) is 4.90 Å². The van der Waals surface area contributed by atoms with E-state index >= 15 is 0 Å². The number of imide groups is 1. The zero-order chi connectivity index (χ0) is 30.4. The number of amides is 3. The quantitative estimate of drug-likeness (QED) is 0.203. The number of rotatable bonds is 6. The number of carbonyl (C=O) groups is 3. The van der Waals surface area contributed by atoms with E-state index < -0.39 is 0 Å². The summed E-state index contributed by atoms with van der Waals surface area (Å²) >= 11 is 12.3. The molecule has 0 spiro atoms. The van der Waals surface area contributed by atoms with Crippen LogP contribution in [0.2, 0.25) is 10.0 Å². The van der Waals surface area contributed by atoms with Crippen LogP contribution in [0.15, 0.2) is 95.6 Å². The average molecular weight is 623 g/mol. The molecule has 0 unspecified atom stereocenters. The number of hydrogen-bond acceptors (Lipinski definition) is 4. The lowest BCUT2D eigenvalue weighted by molar-refractivity contribution is -0.133. The van der Waals surface area contributed by atoms with Crippen LogP contribution in [0.25, 0.3) is 16.8 Å². The summed E-state index contributed by atoms with van der Waals surface area (Å²) in [6.07, 6.45) is 5.40. The molecule has 0 radical (unpaired) electrons. The van der Waals surface area contributed by atoms with E-state index in [0.29, 0.717) is 33.0 Å². The Morgan fingerprint density at radius 1 is 0.864 bits per heavy atom. The van der Waals surface area contributed by atoms with Gasteiger partial charge in [-0.3, -0.25) is 19.3 Å². The lowest BCUT2D eigenvalue weighted by Gasteiger charge is -2.30. The lowest BCUT2D eigenvalue weighted by Crippen LogP contribution is -2.41. The zero-order valence-corrected chi connectivity index (χ0v) is 25.4. The van der Waals surface area contributed by atoms with Gasteiger partial charge in [-0.1, -0.05) is 71.7 Å². The van der Waals surface area contributed by atoms with E-state index in [2.05, 4.69) is 6.08 Å². The van der Waals surface area contributed by atoms with Crippen LogP contribution in [0.4, 0.5) is 0 Å². The molecule has 3 amide bonds. The Labute approximate surface area is 265 Å². The second-order valence-electron chi connectivity index (χ2n) is 11.5. The number of allylic oxidation sites excluding steroid dienone is 1. The van der Waals surface area contributed by atoms with Crippen molar-refractivity contribution in [3.8, 4) is 0 Å². The Morgan fingerprint density at radius 2 is 1.50 bits per heavy atom. The summed E-state index contributed by atoms with van der Waals surface area (Å²) in [5, 5.41) is 9.46. The third kappa shape index (κ3) is 5.12. The summed E-state index contributed by atoms with van der Waals surface area (Å²) < 4.78 is 0. The number of halogens is 2. The topological polar surface area (TPSA) is 70.1 Å². The SMILES string of the molecule is O=C1c2cccc3cccc(c23)C(=O)N1CCCC(=O)N1N=C2/C(=C\c3ccc(Cl)cc3)CCC[C@H]2[C@@H]1c1ccc(Cl)cc1. The van der Waals surface area contributed by atoms with Crippen LogP contribution in [-0.2, 0) is 4.79 Å². The van der Waals surface area contributed by atoms with E-state index in [1.54, 1.807) is 17.1 Å². The maximum Gasteiger partial charge on any atom is 0.261 e. The number of carbonyl (C=O) groups excluding carboxylic acids is 3. The number of hydrogen-bond donors (Lipinski definition) is 0. The molecule has 0 N–H and O–H groups in total. The van der Waals surface area contributed by atoms with Gasteiger partial charge in [0.1, 0.15) is 0 Å². The van der Waals surface area contributed by atoms with E-state index in [4.69, 9.17) is 28.3 Å². The maximum atomic E-state index is 13.9. The molecule has 4 aromatic carbocycles. The minimum absolute atomic E-state index is 0.0506. The van der Waals surface area contributed by atoms with Crippen LogP contribution in [0.5, 0.6) is 0 Å². The predicted molar refractivity (Wildman–Crippen MR) is 174 cm³/mol. The van der Waals surface area contributed by atoms with E-state index in [0.717, 1.165) is 47.1 Å². The molecule has 44 heavy (non-hydrogen) atoms. The van der Waals surface area contributed by atoms with Gasteiger partial charge in [0, 0.05) is 45.4 Å². The minimum atomic E-state index is -0.324. The molecule has 2 heterocycles. The number of nitrogens with zero attached hydrogens (tertiary/aromatic N) is 3. The van der Waals surface area contributed by atoms with E-state index in [-0.39, 0.29) is 42.6 Å². The van der Waals surface area contributed by atoms with Gasteiger partial charge >= 0.3 is 0 Å². The minimum Gasteiger partial charge on any atom is -0.274 e. The van der Waals surface area contributed by atoms with E-state index in [9.17, 15) is 14.4 Å². The fourth-order valence-electron chi connectivity index (χ4n) is 6.75. The zero-order valence-electron chi connectivity index (χ0n) is 23.9. The first kappa shape index (κ1) is 28.5. The van der Waals surface area contributed by atoms with Gasteiger partial charge in [-0.2, -0.15) is 5.10 Å². The molecule has 0 bridgehead atoms. The maximum absolute atomic E-state index is 13.9. The Balaban J connectivity index is 1.13. The molecule has 2 aliphatic heterocycles. The molecule has 220 valence electrons. The van der Waals surface area contributed by atoms with Gasteiger partial charge in [0.05, 0.1) is 11.8 Å². The van der Waals surface area contributed by atoms with Crippen molar-refractivity contribution >= 4 is 63.5 Å². The molecule has 4 aromatic rings. The van der Waals surface area contributed by atoms with Gasteiger partial charge in [-0.15, -0.1) is 0 Å². The van der Waals surface area contributed by atoms with Crippen molar-refractivity contribution in [2.24, 2.45) is 11.0 Å². The smallest absolute Gasteiger partial charge is 0.261 e. The number of hydrazone groups is 1. The van der Waals surface area contributed by atoms with Crippen LogP contribution in [0.3, 0.4) is 0 Å². The highest BCUT2D eigenvalue weighted by molar-refractivity contribution is 6.31. The van der Waals surface area contributed by atoms with Crippen LogP contribution in [-0.4, -0.2) is 39.9 Å². The Morgan fingerprint density at radius 3 is 2.16 bits per heavy atom. The third-order valence-corrected chi connectivity index (χ3v) is 9.31. The molecule has 3 aliphatic rings. The fraction of sp³-hybridized carbons (Fsp3) is 0.222. The van der Waals surface area contributed by atoms with E-state index in [1.807, 2.05) is 72.8 Å². The Bertz CT molecular complexity index is 1810. The number of fused-ring (bicyclic) bond motifs is 1. The molecular formula is C36H29Cl2N3O3. The summed E-state index contributed by atoms with van der Waals surface area (Å²) in [5.74, 6) is -0.739. The van der Waals surface area contributed by atoms with Crippen molar-refractivity contribution in [3.05, 3.63) is 123 Å². The van der Waals surface area contributed by atoms with Crippen molar-refractivity contribution in [1.29, 1.82) is 0 Å². The first-order valence-electron chi connectivity index (χ1n) is 14.9. The Hall–Kier alpha value is -4.26. The standard InChI is InChI=1S/C36H29Cl2N3O3/c37-26-16-12-22(13-17-26)21-25-7-3-10-30-33(25)39-41(34(30)24-14-18-27(38)19-15-24)31(42)11-4-20-40-35(43)28-8-1-5-23-6-2-9-29(32(23)28)36(40)44/h1-2,5-6,8-9,12-19,21,30,34H,3-4,7,10-11,20H2/b25-21-/t30-,34+/m1/s1. The molecule has 1 aliphatic carbocycles. The molecule has 7 rings (SSSR count). The van der Waals surface area contributed by atoms with Crippen molar-refractivity contribution in [3.63, 3.8) is 0 Å². The van der Waals surface area contributed by atoms with Crippen LogP contribution < -0.4 is 0 Å². The van der Waals surface area contributed by atoms with Crippen LogP contribution >= 0.6 is 23.2 Å². The normalized spacial score (nSPS) is 20.3. The summed E-state index contributed by atoms with van der Waals surface area (Å²) in [5.41, 5.74) is 5.10. The van der Waals surface area contributed by atoms with Gasteiger partial charge < -0.3 is 0 Å². The second kappa shape index (κ2) is 11.7. The summed E-state index contributed by atoms with van der Waals surface area (Å²) in [6.45, 7) is 0.148. The predicted octanol–water partition coefficient (Wildman–Crippen LogP) is 8.35.